The van der Waals surface area contributed by atoms with Crippen molar-refractivity contribution in [1.29, 1.82) is 0 Å². The predicted molar refractivity (Wildman–Crippen MR) is 113 cm³/mol. The molecule has 0 radical (unpaired) electrons. The molecule has 3 aromatic heterocycles. The lowest BCUT2D eigenvalue weighted by Crippen LogP contribution is -2.10. The third kappa shape index (κ3) is 2.76. The molecular formula is C24H22N6O. The van der Waals surface area contributed by atoms with Gasteiger partial charge in [-0.15, -0.1) is 10.2 Å². The molecule has 0 atom stereocenters. The highest BCUT2D eigenvalue weighted by molar-refractivity contribution is 5.67. The Morgan fingerprint density at radius 3 is 2.84 bits per heavy atom. The van der Waals surface area contributed by atoms with Crippen LogP contribution in [0.15, 0.2) is 47.5 Å². The van der Waals surface area contributed by atoms with Crippen LogP contribution in [0.25, 0.3) is 16.8 Å². The van der Waals surface area contributed by atoms with E-state index in [1.165, 1.54) is 35.2 Å². The first-order valence-electron chi connectivity index (χ1n) is 11.1. The highest BCUT2D eigenvalue weighted by Gasteiger charge is 2.51. The number of rotatable bonds is 4. The molecule has 1 aliphatic heterocycles. The van der Waals surface area contributed by atoms with Crippen molar-refractivity contribution in [3.8, 4) is 16.8 Å². The molecule has 0 unspecified atom stereocenters. The van der Waals surface area contributed by atoms with E-state index in [9.17, 15) is 0 Å². The maximum atomic E-state index is 5.70. The van der Waals surface area contributed by atoms with Crippen LogP contribution in [0.1, 0.15) is 66.7 Å². The first-order chi connectivity index (χ1) is 15.3. The van der Waals surface area contributed by atoms with E-state index >= 15 is 0 Å². The van der Waals surface area contributed by atoms with Crippen molar-refractivity contribution in [3.63, 3.8) is 0 Å². The van der Waals surface area contributed by atoms with Crippen molar-refractivity contribution >= 4 is 0 Å². The van der Waals surface area contributed by atoms with E-state index in [1.807, 2.05) is 18.7 Å². The summed E-state index contributed by atoms with van der Waals surface area (Å²) in [6.45, 7) is 0. The van der Waals surface area contributed by atoms with Gasteiger partial charge in [-0.3, -0.25) is 9.55 Å². The summed E-state index contributed by atoms with van der Waals surface area (Å²) in [6.07, 6.45) is 13.2. The minimum atomic E-state index is -0.160. The molecule has 0 spiro atoms. The number of aromatic nitrogens is 6. The van der Waals surface area contributed by atoms with Gasteiger partial charge in [0.25, 0.3) is 0 Å². The molecule has 1 aromatic carbocycles. The number of hydrogen-bond acceptors (Lipinski definition) is 6. The normalized spacial score (nSPS) is 18.8. The molecule has 154 valence electrons. The van der Waals surface area contributed by atoms with E-state index < -0.39 is 0 Å². The van der Waals surface area contributed by atoms with Gasteiger partial charge in [0.2, 0.25) is 5.89 Å². The van der Waals surface area contributed by atoms with E-state index in [1.54, 1.807) is 0 Å². The minimum Gasteiger partial charge on any atom is -0.338 e. The average Bonchev–Trinajstić information content (AvgIpc) is 3.73. The van der Waals surface area contributed by atoms with E-state index in [0.717, 1.165) is 55.2 Å². The van der Waals surface area contributed by atoms with Gasteiger partial charge < -0.3 is 4.52 Å². The summed E-state index contributed by atoms with van der Waals surface area (Å²) >= 11 is 0. The molecular weight excluding hydrogens is 388 g/mol. The molecule has 4 aromatic rings. The van der Waals surface area contributed by atoms with Crippen molar-refractivity contribution in [1.82, 2.24) is 29.9 Å². The average molecular weight is 410 g/mol. The van der Waals surface area contributed by atoms with Crippen LogP contribution in [0.4, 0.5) is 0 Å². The second kappa shape index (κ2) is 6.33. The second-order valence-corrected chi connectivity index (χ2v) is 9.09. The van der Waals surface area contributed by atoms with Gasteiger partial charge in [-0.25, -0.2) is 0 Å². The Labute approximate surface area is 179 Å². The topological polar surface area (TPSA) is 82.5 Å². The van der Waals surface area contributed by atoms with Crippen LogP contribution in [0.2, 0.25) is 0 Å². The van der Waals surface area contributed by atoms with Crippen molar-refractivity contribution in [2.24, 2.45) is 0 Å². The SMILES string of the molecule is c1cc2c(cc1-c1cncc(C3(c4nc(C5CC5)no4)CC3)c1)CCCc1nncn1-2. The molecule has 7 heteroatoms. The van der Waals surface area contributed by atoms with Crippen molar-refractivity contribution in [2.75, 3.05) is 0 Å². The zero-order valence-electron chi connectivity index (χ0n) is 17.2. The number of nitrogens with zero attached hydrogens (tertiary/aromatic N) is 6. The molecule has 3 aliphatic rings. The zero-order valence-corrected chi connectivity index (χ0v) is 17.2. The summed E-state index contributed by atoms with van der Waals surface area (Å²) in [5, 5.41) is 12.6. The monoisotopic (exact) mass is 410 g/mol. The smallest absolute Gasteiger partial charge is 0.237 e. The van der Waals surface area contributed by atoms with Gasteiger partial charge in [-0.05, 0) is 73.4 Å². The quantitative estimate of drug-likeness (QED) is 0.502. The minimum absolute atomic E-state index is 0.160. The molecule has 0 saturated heterocycles. The summed E-state index contributed by atoms with van der Waals surface area (Å²) < 4.78 is 7.82. The van der Waals surface area contributed by atoms with Crippen LogP contribution in [-0.4, -0.2) is 29.9 Å². The number of aryl methyl sites for hydroxylation is 2. The highest BCUT2D eigenvalue weighted by Crippen LogP contribution is 2.53. The van der Waals surface area contributed by atoms with Crippen LogP contribution in [-0.2, 0) is 18.3 Å². The maximum absolute atomic E-state index is 5.70. The van der Waals surface area contributed by atoms with Gasteiger partial charge in [-0.2, -0.15) is 4.98 Å². The molecule has 7 rings (SSSR count). The van der Waals surface area contributed by atoms with Crippen LogP contribution in [0.3, 0.4) is 0 Å². The Kier molecular flexibility index (Phi) is 3.54. The third-order valence-electron chi connectivity index (χ3n) is 6.97. The fraction of sp³-hybridized carbons (Fsp3) is 0.375. The summed E-state index contributed by atoms with van der Waals surface area (Å²) in [5.74, 6) is 3.18. The molecule has 0 bridgehead atoms. The Morgan fingerprint density at radius 1 is 1.03 bits per heavy atom. The molecule has 0 N–H and O–H groups in total. The molecule has 4 heterocycles. The Morgan fingerprint density at radius 2 is 1.97 bits per heavy atom. The molecule has 2 fully saturated rings. The summed E-state index contributed by atoms with van der Waals surface area (Å²) in [5.41, 5.74) is 5.83. The predicted octanol–water partition coefficient (Wildman–Crippen LogP) is 4.16. The molecule has 7 nitrogen and oxygen atoms in total. The molecule has 31 heavy (non-hydrogen) atoms. The number of pyridine rings is 1. The summed E-state index contributed by atoms with van der Waals surface area (Å²) in [6, 6.07) is 8.90. The van der Waals surface area contributed by atoms with Crippen molar-refractivity contribution < 1.29 is 4.52 Å². The number of hydrogen-bond donors (Lipinski definition) is 0. The number of benzene rings is 1. The Bertz CT molecular complexity index is 1300. The molecule has 2 aliphatic carbocycles. The zero-order chi connectivity index (χ0) is 20.4. The van der Waals surface area contributed by atoms with Gasteiger partial charge in [0.05, 0.1) is 11.1 Å². The van der Waals surface area contributed by atoms with E-state index in [0.29, 0.717) is 5.92 Å². The van der Waals surface area contributed by atoms with E-state index in [4.69, 9.17) is 9.51 Å². The van der Waals surface area contributed by atoms with Crippen molar-refractivity contribution in [2.45, 2.75) is 56.3 Å². The molecule has 0 amide bonds. The van der Waals surface area contributed by atoms with Gasteiger partial charge in [0.1, 0.15) is 12.2 Å². The molecule has 2 saturated carbocycles. The number of fused-ring (bicyclic) bond motifs is 3. The van der Waals surface area contributed by atoms with Gasteiger partial charge >= 0.3 is 0 Å². The van der Waals surface area contributed by atoms with Crippen LogP contribution in [0, 0.1) is 0 Å². The first kappa shape index (κ1) is 17.3. The Balaban J connectivity index is 1.26. The van der Waals surface area contributed by atoms with E-state index in [-0.39, 0.29) is 5.41 Å². The summed E-state index contributed by atoms with van der Waals surface area (Å²) in [4.78, 5) is 9.34. The Hall–Kier alpha value is -3.35. The van der Waals surface area contributed by atoms with Crippen molar-refractivity contribution in [3.05, 3.63) is 71.7 Å². The van der Waals surface area contributed by atoms with Crippen LogP contribution >= 0.6 is 0 Å². The fourth-order valence-electron chi connectivity index (χ4n) is 4.82. The lowest BCUT2D eigenvalue weighted by atomic mass is 9.93. The second-order valence-electron chi connectivity index (χ2n) is 9.09. The lowest BCUT2D eigenvalue weighted by molar-refractivity contribution is 0.355. The standard InChI is InChI=1S/C24H22N6O/c1-2-17-10-16(6-7-20(17)30-14-26-28-21(30)3-1)18-11-19(13-25-12-18)24(8-9-24)23-27-22(29-31-23)15-4-5-15/h6-7,10-15H,1-5,8-9H2. The maximum Gasteiger partial charge on any atom is 0.237 e. The van der Waals surface area contributed by atoms with E-state index in [2.05, 4.69) is 49.2 Å². The fourth-order valence-corrected chi connectivity index (χ4v) is 4.82. The van der Waals surface area contributed by atoms with Crippen LogP contribution in [0.5, 0.6) is 0 Å². The summed E-state index contributed by atoms with van der Waals surface area (Å²) in [7, 11) is 0. The highest BCUT2D eigenvalue weighted by atomic mass is 16.5. The van der Waals surface area contributed by atoms with Gasteiger partial charge in [0, 0.05) is 30.3 Å². The lowest BCUT2D eigenvalue weighted by Gasteiger charge is -2.14. The largest absolute Gasteiger partial charge is 0.338 e. The van der Waals surface area contributed by atoms with Gasteiger partial charge in [-0.1, -0.05) is 11.2 Å². The first-order valence-corrected chi connectivity index (χ1v) is 11.1. The van der Waals surface area contributed by atoms with Gasteiger partial charge in [0.15, 0.2) is 5.82 Å². The van der Waals surface area contributed by atoms with Crippen LogP contribution < -0.4 is 0 Å². The third-order valence-corrected chi connectivity index (χ3v) is 6.97.